The van der Waals surface area contributed by atoms with Gasteiger partial charge in [0.15, 0.2) is 0 Å². The van der Waals surface area contributed by atoms with E-state index in [0.717, 1.165) is 0 Å². The van der Waals surface area contributed by atoms with Gasteiger partial charge in [0, 0.05) is 0 Å². The van der Waals surface area contributed by atoms with E-state index in [-0.39, 0.29) is 5.43 Å². The van der Waals surface area contributed by atoms with E-state index in [2.05, 4.69) is 115 Å². The van der Waals surface area contributed by atoms with Crippen LogP contribution in [0, 0.1) is 25.8 Å². The summed E-state index contributed by atoms with van der Waals surface area (Å²) in [6, 6.07) is 19.6. The monoisotopic (exact) mass is 488 g/mol. The van der Waals surface area contributed by atoms with Gasteiger partial charge in [0.25, 0.3) is 0 Å². The van der Waals surface area contributed by atoms with E-state index in [1.807, 2.05) is 0 Å². The molecule has 0 aliphatic heterocycles. The molecule has 0 saturated carbocycles. The number of hydrogen-bond acceptors (Lipinski definition) is 0. The molecule has 0 heterocycles. The second kappa shape index (κ2) is 11.3. The van der Waals surface area contributed by atoms with Crippen LogP contribution in [0.15, 0.2) is 71.3 Å². The van der Waals surface area contributed by atoms with E-state index >= 15 is 0 Å². The number of aryl methyl sites for hydroxylation is 2. The zero-order valence-electron chi connectivity index (χ0n) is 19.8. The van der Waals surface area contributed by atoms with Gasteiger partial charge in [0.1, 0.15) is 0 Å². The Labute approximate surface area is 198 Å². The van der Waals surface area contributed by atoms with Gasteiger partial charge in [-0.3, -0.25) is 6.08 Å². The molecular formula is C28H34SiZr. The fraction of sp³-hybridized carbons (Fsp3) is 0.321. The molecule has 0 fully saturated rings. The predicted molar refractivity (Wildman–Crippen MR) is 132 cm³/mol. The maximum absolute atomic E-state index is 3.36. The second-order valence-electron chi connectivity index (χ2n) is 8.46. The van der Waals surface area contributed by atoms with Crippen molar-refractivity contribution < 1.29 is 23.3 Å². The summed E-state index contributed by atoms with van der Waals surface area (Å²) < 4.78 is 0. The third-order valence-corrected chi connectivity index (χ3v) is 5.54. The van der Waals surface area contributed by atoms with E-state index in [0.29, 0.717) is 5.92 Å². The predicted octanol–water partition coefficient (Wildman–Crippen LogP) is 8.35. The number of benzene rings is 2. The average molecular weight is 490 g/mol. The zero-order valence-corrected chi connectivity index (χ0v) is 23.2. The maximum atomic E-state index is 3.36. The Morgan fingerprint density at radius 2 is 1.53 bits per heavy atom. The maximum Gasteiger partial charge on any atom is -0.0486 e. The fourth-order valence-electron chi connectivity index (χ4n) is 3.70. The van der Waals surface area contributed by atoms with Crippen molar-refractivity contribution in [3.63, 3.8) is 0 Å². The molecule has 30 heavy (non-hydrogen) atoms. The molecule has 0 bridgehead atoms. The summed E-state index contributed by atoms with van der Waals surface area (Å²) in [5.41, 5.74) is 9.82. The molecular weight excluding hydrogens is 456 g/mol. The Morgan fingerprint density at radius 1 is 0.933 bits per heavy atom. The molecule has 4 rings (SSSR count). The van der Waals surface area contributed by atoms with Crippen molar-refractivity contribution in [1.29, 1.82) is 0 Å². The Balaban J connectivity index is 0.000000207. The number of hydrogen-bond donors (Lipinski definition) is 0. The van der Waals surface area contributed by atoms with Crippen LogP contribution < -0.4 is 0 Å². The molecule has 2 heteroatoms. The fourth-order valence-corrected chi connectivity index (χ4v) is 3.70. The van der Waals surface area contributed by atoms with E-state index in [1.165, 1.54) is 49.7 Å². The summed E-state index contributed by atoms with van der Waals surface area (Å²) >= 11 is 1.74. The average Bonchev–Trinajstić information content (AvgIpc) is 3.12. The van der Waals surface area contributed by atoms with Gasteiger partial charge in [-0.05, 0) is 6.92 Å². The van der Waals surface area contributed by atoms with Gasteiger partial charge in [-0.15, -0.1) is 47.0 Å². The van der Waals surface area contributed by atoms with Crippen molar-refractivity contribution >= 4 is 16.2 Å². The Bertz CT molecular complexity index is 1080. The third kappa shape index (κ3) is 6.56. The Kier molecular flexibility index (Phi) is 9.38. The molecule has 154 valence electrons. The Morgan fingerprint density at radius 3 is 2.00 bits per heavy atom. The van der Waals surface area contributed by atoms with Gasteiger partial charge in [0.05, 0.1) is 0 Å². The molecule has 1 unspecified atom stereocenters. The summed E-state index contributed by atoms with van der Waals surface area (Å²) in [6.07, 6.45) is 3.36. The van der Waals surface area contributed by atoms with E-state index in [1.54, 1.807) is 23.3 Å². The molecule has 3 aromatic rings. The molecule has 0 saturated heterocycles. The summed E-state index contributed by atoms with van der Waals surface area (Å²) in [7, 11) is 0. The second-order valence-corrected chi connectivity index (χ2v) is 17.8. The minimum atomic E-state index is 0.210. The van der Waals surface area contributed by atoms with Crippen LogP contribution >= 0.6 is 0 Å². The normalized spacial score (nSPS) is 15.3. The standard InChI is InChI=1S/C17H15.C9H13.C2H6Si.Zr/c1-12-8-9-16-15(10-12)11-13(2)17(16)14-6-4-3-5-7-14;1-6-5-7(2)9(4)8(6)3;1-3-2;/h3-11H,1-2H3;6H,1-4H3;1-2H3;/q2*-1;;+2. The van der Waals surface area contributed by atoms with Gasteiger partial charge in [-0.1, -0.05) is 81.1 Å². The molecule has 1 aliphatic rings. The van der Waals surface area contributed by atoms with Crippen LogP contribution in [0.3, 0.4) is 0 Å². The first-order chi connectivity index (χ1) is 14.1. The van der Waals surface area contributed by atoms with Crippen molar-refractivity contribution in [3.05, 3.63) is 88.5 Å². The molecule has 0 nitrogen and oxygen atoms in total. The SMILES string of the molecule is CC1=[C-]C(C)C(C)=C1C.C[Si](C)=[Zr+2].Cc1ccc2c(-c3ccccc3)c(C)[cH-]c2c1. The quantitative estimate of drug-likeness (QED) is 0.238. The Hall–Kier alpha value is -1.37. The molecule has 3 aromatic carbocycles. The van der Waals surface area contributed by atoms with E-state index in [4.69, 9.17) is 0 Å². The van der Waals surface area contributed by atoms with Crippen molar-refractivity contribution in [1.82, 2.24) is 0 Å². The van der Waals surface area contributed by atoms with Gasteiger partial charge >= 0.3 is 41.9 Å². The van der Waals surface area contributed by atoms with E-state index < -0.39 is 0 Å². The van der Waals surface area contributed by atoms with Crippen LogP contribution in [0.5, 0.6) is 0 Å². The minimum Gasteiger partial charge on any atom is -0.149 e. The van der Waals surface area contributed by atoms with Crippen molar-refractivity contribution in [2.24, 2.45) is 5.92 Å². The first kappa shape index (κ1) is 24.9. The van der Waals surface area contributed by atoms with E-state index in [9.17, 15) is 0 Å². The van der Waals surface area contributed by atoms with Crippen LogP contribution in [-0.4, -0.2) is 5.43 Å². The van der Waals surface area contributed by atoms with Gasteiger partial charge < -0.3 is 0 Å². The van der Waals surface area contributed by atoms with Crippen LogP contribution in [0.1, 0.15) is 38.8 Å². The molecule has 0 aromatic heterocycles. The molecule has 1 aliphatic carbocycles. The largest absolute Gasteiger partial charge is 0.149 e. The molecule has 1 atom stereocenters. The van der Waals surface area contributed by atoms with Crippen LogP contribution in [-0.2, 0) is 23.3 Å². The van der Waals surface area contributed by atoms with Crippen molar-refractivity contribution in [2.45, 2.75) is 54.6 Å². The zero-order chi connectivity index (χ0) is 22.4. The minimum absolute atomic E-state index is 0.210. The molecule has 0 amide bonds. The van der Waals surface area contributed by atoms with Gasteiger partial charge in [-0.2, -0.15) is 11.1 Å². The van der Waals surface area contributed by atoms with Crippen LogP contribution in [0.4, 0.5) is 0 Å². The number of allylic oxidation sites excluding steroid dienone is 4. The molecule has 0 spiro atoms. The first-order valence-corrected chi connectivity index (χ1v) is 16.8. The summed E-state index contributed by atoms with van der Waals surface area (Å²) in [4.78, 5) is 0. The van der Waals surface area contributed by atoms with Crippen molar-refractivity contribution in [2.75, 3.05) is 0 Å². The first-order valence-electron chi connectivity index (χ1n) is 10.6. The summed E-state index contributed by atoms with van der Waals surface area (Å²) in [5.74, 6) is 0.560. The molecule has 0 N–H and O–H groups in total. The summed E-state index contributed by atoms with van der Waals surface area (Å²) in [5, 5.41) is 2.71. The van der Waals surface area contributed by atoms with Crippen LogP contribution in [0.25, 0.3) is 21.9 Å². The summed E-state index contributed by atoms with van der Waals surface area (Å²) in [6.45, 7) is 17.6. The molecule has 0 radical (unpaired) electrons. The smallest absolute Gasteiger partial charge is 0.0486 e. The van der Waals surface area contributed by atoms with Gasteiger partial charge in [0.2, 0.25) is 0 Å². The third-order valence-electron chi connectivity index (χ3n) is 5.54. The van der Waals surface area contributed by atoms with Crippen molar-refractivity contribution in [3.8, 4) is 11.1 Å². The topological polar surface area (TPSA) is 0 Å². The number of rotatable bonds is 1. The number of fused-ring (bicyclic) bond motifs is 1. The van der Waals surface area contributed by atoms with Crippen LogP contribution in [0.2, 0.25) is 13.1 Å². The van der Waals surface area contributed by atoms with Gasteiger partial charge in [-0.25, -0.2) is 5.57 Å².